The van der Waals surface area contributed by atoms with Crippen LogP contribution in [-0.2, 0) is 22.6 Å². The van der Waals surface area contributed by atoms with Crippen LogP contribution < -0.4 is 5.32 Å². The highest BCUT2D eigenvalue weighted by atomic mass is 32.1. The van der Waals surface area contributed by atoms with E-state index in [1.54, 1.807) is 18.4 Å². The molecule has 0 unspecified atom stereocenters. The van der Waals surface area contributed by atoms with E-state index >= 15 is 0 Å². The Morgan fingerprint density at radius 3 is 2.94 bits per heavy atom. The molecule has 0 amide bonds. The Morgan fingerprint density at radius 1 is 1.41 bits per heavy atom. The van der Waals surface area contributed by atoms with Crippen LogP contribution in [0.2, 0.25) is 0 Å². The molecule has 0 aromatic carbocycles. The fourth-order valence-electron chi connectivity index (χ4n) is 1.28. The van der Waals surface area contributed by atoms with Crippen LogP contribution in [0.4, 0.5) is 0 Å². The summed E-state index contributed by atoms with van der Waals surface area (Å²) in [4.78, 5) is 4.49. The second-order valence-electron chi connectivity index (χ2n) is 4.30. The average molecular weight is 258 g/mol. The maximum atomic E-state index is 5.41. The monoisotopic (exact) mass is 258 g/mol. The topological polar surface area (TPSA) is 43.4 Å². The van der Waals surface area contributed by atoms with Gasteiger partial charge in [-0.3, -0.25) is 0 Å². The number of nitrogens with zero attached hydrogens (tertiary/aromatic N) is 1. The Bertz CT molecular complexity index is 302. The Balaban J connectivity index is 2.18. The molecule has 1 aromatic heterocycles. The lowest BCUT2D eigenvalue weighted by Crippen LogP contribution is -2.18. The first-order chi connectivity index (χ1) is 8.22. The predicted octanol–water partition coefficient (Wildman–Crippen LogP) is 2.05. The smallest absolute Gasteiger partial charge is 0.107 e. The van der Waals surface area contributed by atoms with Gasteiger partial charge in [0.1, 0.15) is 5.01 Å². The van der Waals surface area contributed by atoms with E-state index in [0.29, 0.717) is 25.7 Å². The third kappa shape index (κ3) is 6.73. The minimum absolute atomic E-state index is 0.573. The summed E-state index contributed by atoms with van der Waals surface area (Å²) in [5, 5.41) is 6.55. The molecule has 1 rings (SSSR count). The van der Waals surface area contributed by atoms with Crippen molar-refractivity contribution in [2.75, 3.05) is 26.9 Å². The maximum Gasteiger partial charge on any atom is 0.107 e. The van der Waals surface area contributed by atoms with Gasteiger partial charge >= 0.3 is 0 Å². The summed E-state index contributed by atoms with van der Waals surface area (Å²) in [5.74, 6) is 0.673. The number of hydrogen-bond donors (Lipinski definition) is 1. The zero-order valence-corrected chi connectivity index (χ0v) is 11.7. The zero-order valence-electron chi connectivity index (χ0n) is 10.9. The van der Waals surface area contributed by atoms with Gasteiger partial charge in [-0.1, -0.05) is 13.8 Å². The fourth-order valence-corrected chi connectivity index (χ4v) is 2.03. The molecule has 0 atom stereocenters. The van der Waals surface area contributed by atoms with E-state index < -0.39 is 0 Å². The molecule has 0 aliphatic carbocycles. The van der Waals surface area contributed by atoms with Gasteiger partial charge in [0.05, 0.1) is 25.5 Å². The van der Waals surface area contributed by atoms with Crippen LogP contribution in [0.25, 0.3) is 0 Å². The number of hydrogen-bond acceptors (Lipinski definition) is 5. The van der Waals surface area contributed by atoms with Crippen molar-refractivity contribution in [2.45, 2.75) is 27.0 Å². The van der Waals surface area contributed by atoms with Crippen LogP contribution >= 0.6 is 11.3 Å². The summed E-state index contributed by atoms with van der Waals surface area (Å²) in [5.41, 5.74) is 1.01. The zero-order chi connectivity index (χ0) is 12.5. The first-order valence-electron chi connectivity index (χ1n) is 5.93. The van der Waals surface area contributed by atoms with Crippen molar-refractivity contribution in [3.05, 3.63) is 16.1 Å². The lowest BCUT2D eigenvalue weighted by atomic mass is 10.2. The van der Waals surface area contributed by atoms with Gasteiger partial charge in [-0.2, -0.15) is 0 Å². The summed E-state index contributed by atoms with van der Waals surface area (Å²) in [6, 6.07) is 0. The summed E-state index contributed by atoms with van der Waals surface area (Å²) >= 11 is 1.68. The molecule has 0 saturated carbocycles. The molecule has 4 nitrogen and oxygen atoms in total. The number of nitrogens with one attached hydrogen (secondary N) is 1. The van der Waals surface area contributed by atoms with Crippen molar-refractivity contribution in [1.82, 2.24) is 10.3 Å². The molecular weight excluding hydrogens is 236 g/mol. The van der Waals surface area contributed by atoms with Crippen LogP contribution in [-0.4, -0.2) is 31.9 Å². The lowest BCUT2D eigenvalue weighted by Gasteiger charge is -2.04. The molecule has 17 heavy (non-hydrogen) atoms. The van der Waals surface area contributed by atoms with E-state index in [0.717, 1.165) is 23.8 Å². The van der Waals surface area contributed by atoms with E-state index in [1.807, 2.05) is 0 Å². The highest BCUT2D eigenvalue weighted by molar-refractivity contribution is 7.09. The van der Waals surface area contributed by atoms with E-state index in [4.69, 9.17) is 9.47 Å². The van der Waals surface area contributed by atoms with Crippen LogP contribution in [0.15, 0.2) is 5.38 Å². The number of aromatic nitrogens is 1. The van der Waals surface area contributed by atoms with Gasteiger partial charge in [-0.25, -0.2) is 4.98 Å². The largest absolute Gasteiger partial charge is 0.382 e. The number of thiazole rings is 1. The van der Waals surface area contributed by atoms with Gasteiger partial charge in [0.15, 0.2) is 0 Å². The van der Waals surface area contributed by atoms with Crippen molar-refractivity contribution in [3.8, 4) is 0 Å². The van der Waals surface area contributed by atoms with E-state index in [1.165, 1.54) is 0 Å². The molecule has 0 radical (unpaired) electrons. The van der Waals surface area contributed by atoms with Gasteiger partial charge in [-0.05, 0) is 12.5 Å². The Labute approximate surface area is 107 Å². The average Bonchev–Trinajstić information content (AvgIpc) is 2.72. The summed E-state index contributed by atoms with van der Waals surface area (Å²) in [7, 11) is 1.67. The third-order valence-electron chi connectivity index (χ3n) is 2.11. The SMILES string of the molecule is COCCOCc1csc(CNCC(C)C)n1. The Kier molecular flexibility index (Phi) is 7.35. The molecule has 0 saturated heterocycles. The highest BCUT2D eigenvalue weighted by Crippen LogP contribution is 2.10. The molecular formula is C12H22N2O2S. The normalized spacial score (nSPS) is 11.3. The molecule has 98 valence electrons. The van der Waals surface area contributed by atoms with Gasteiger partial charge in [-0.15, -0.1) is 11.3 Å². The molecule has 1 N–H and O–H groups in total. The van der Waals surface area contributed by atoms with Crippen molar-refractivity contribution in [3.63, 3.8) is 0 Å². The number of rotatable bonds is 9. The molecule has 0 bridgehead atoms. The van der Waals surface area contributed by atoms with Crippen LogP contribution in [0, 0.1) is 5.92 Å². The van der Waals surface area contributed by atoms with E-state index in [9.17, 15) is 0 Å². The first kappa shape index (κ1) is 14.6. The van der Waals surface area contributed by atoms with Gasteiger partial charge in [0, 0.05) is 19.0 Å². The van der Waals surface area contributed by atoms with E-state index in [-0.39, 0.29) is 0 Å². The quantitative estimate of drug-likeness (QED) is 0.689. The summed E-state index contributed by atoms with van der Waals surface area (Å²) in [6.45, 7) is 8.10. The van der Waals surface area contributed by atoms with Gasteiger partial charge in [0.2, 0.25) is 0 Å². The molecule has 1 aromatic rings. The number of methoxy groups -OCH3 is 1. The van der Waals surface area contributed by atoms with Crippen molar-refractivity contribution in [1.29, 1.82) is 0 Å². The van der Waals surface area contributed by atoms with Crippen LogP contribution in [0.3, 0.4) is 0 Å². The van der Waals surface area contributed by atoms with Gasteiger partial charge < -0.3 is 14.8 Å². The van der Waals surface area contributed by atoms with Gasteiger partial charge in [0.25, 0.3) is 0 Å². The summed E-state index contributed by atoms with van der Waals surface area (Å²) < 4.78 is 10.3. The second-order valence-corrected chi connectivity index (χ2v) is 5.25. The maximum absolute atomic E-state index is 5.41. The van der Waals surface area contributed by atoms with Crippen molar-refractivity contribution >= 4 is 11.3 Å². The second kappa shape index (κ2) is 8.58. The molecule has 1 heterocycles. The first-order valence-corrected chi connectivity index (χ1v) is 6.81. The highest BCUT2D eigenvalue weighted by Gasteiger charge is 2.02. The fraction of sp³-hybridized carbons (Fsp3) is 0.750. The van der Waals surface area contributed by atoms with Crippen molar-refractivity contribution < 1.29 is 9.47 Å². The minimum Gasteiger partial charge on any atom is -0.382 e. The Hall–Kier alpha value is -0.490. The molecule has 5 heteroatoms. The molecule has 0 aliphatic heterocycles. The Morgan fingerprint density at radius 2 is 2.24 bits per heavy atom. The van der Waals surface area contributed by atoms with Crippen LogP contribution in [0.5, 0.6) is 0 Å². The van der Waals surface area contributed by atoms with E-state index in [2.05, 4.69) is 29.5 Å². The summed E-state index contributed by atoms with van der Waals surface area (Å²) in [6.07, 6.45) is 0. The molecule has 0 spiro atoms. The standard InChI is InChI=1S/C12H22N2O2S/c1-10(2)6-13-7-12-14-11(9-17-12)8-16-5-4-15-3/h9-10,13H,4-8H2,1-3H3. The molecule has 0 aliphatic rings. The lowest BCUT2D eigenvalue weighted by molar-refractivity contribution is 0.0604. The number of ether oxygens (including phenoxy) is 2. The predicted molar refractivity (Wildman–Crippen MR) is 70.2 cm³/mol. The molecule has 0 fully saturated rings. The minimum atomic E-state index is 0.573. The van der Waals surface area contributed by atoms with Crippen molar-refractivity contribution in [2.24, 2.45) is 5.92 Å². The van der Waals surface area contributed by atoms with Crippen LogP contribution in [0.1, 0.15) is 24.5 Å². The third-order valence-corrected chi connectivity index (χ3v) is 3.01.